The van der Waals surface area contributed by atoms with E-state index in [1.165, 1.54) is 17.3 Å². The molecule has 0 saturated carbocycles. The number of carbonyl (C=O) groups is 1. The first kappa shape index (κ1) is 20.6. The van der Waals surface area contributed by atoms with Gasteiger partial charge in [0.05, 0.1) is 19.1 Å². The number of rotatable bonds is 8. The molecule has 150 valence electrons. The first-order valence-electron chi connectivity index (χ1n) is 9.19. The van der Waals surface area contributed by atoms with Crippen LogP contribution in [0.25, 0.3) is 11.4 Å². The minimum atomic E-state index is -0.211. The molecule has 1 N–H and O–H groups in total. The van der Waals surface area contributed by atoms with E-state index in [2.05, 4.69) is 20.7 Å². The largest absolute Gasteiger partial charge is 0.497 e. The number of nitrogens with one attached hydrogen (secondary N) is 1. The highest BCUT2D eigenvalue weighted by atomic mass is 32.2. The quantitative estimate of drug-likeness (QED) is 0.350. The SMILES string of the molecule is CCn1c(SCC(=O)N/N=C\c2cccc(OC)c2)nnc1-c1ccc(C)cc1. The fourth-order valence-corrected chi connectivity index (χ4v) is 3.45. The maximum absolute atomic E-state index is 12.1. The standard InChI is InChI=1S/C21H23N5O2S/c1-4-26-20(17-10-8-15(2)9-11-17)24-25-21(26)29-14-19(27)23-22-13-16-6-5-7-18(12-16)28-3/h5-13H,4,14H2,1-3H3,(H,23,27)/b22-13-. The van der Waals surface area contributed by atoms with E-state index >= 15 is 0 Å². The zero-order chi connectivity index (χ0) is 20.6. The van der Waals surface area contributed by atoms with Crippen LogP contribution in [0.1, 0.15) is 18.1 Å². The molecule has 1 aromatic heterocycles. The summed E-state index contributed by atoms with van der Waals surface area (Å²) in [7, 11) is 1.61. The van der Waals surface area contributed by atoms with Gasteiger partial charge in [-0.05, 0) is 31.5 Å². The van der Waals surface area contributed by atoms with Gasteiger partial charge in [-0.15, -0.1) is 10.2 Å². The van der Waals surface area contributed by atoms with E-state index in [1.807, 2.05) is 66.9 Å². The van der Waals surface area contributed by atoms with Crippen molar-refractivity contribution < 1.29 is 9.53 Å². The van der Waals surface area contributed by atoms with Gasteiger partial charge in [0.25, 0.3) is 5.91 Å². The minimum absolute atomic E-state index is 0.196. The molecule has 0 aliphatic rings. The third kappa shape index (κ3) is 5.45. The monoisotopic (exact) mass is 409 g/mol. The van der Waals surface area contributed by atoms with E-state index in [-0.39, 0.29) is 11.7 Å². The van der Waals surface area contributed by atoms with Crippen LogP contribution in [0.5, 0.6) is 5.75 Å². The van der Waals surface area contributed by atoms with Crippen molar-refractivity contribution in [2.75, 3.05) is 12.9 Å². The van der Waals surface area contributed by atoms with Gasteiger partial charge in [0.2, 0.25) is 0 Å². The molecule has 0 fully saturated rings. The van der Waals surface area contributed by atoms with Gasteiger partial charge in [0.1, 0.15) is 5.75 Å². The van der Waals surface area contributed by atoms with Gasteiger partial charge >= 0.3 is 0 Å². The van der Waals surface area contributed by atoms with Crippen LogP contribution in [-0.4, -0.2) is 39.7 Å². The van der Waals surface area contributed by atoms with Crippen molar-refractivity contribution in [3.8, 4) is 17.1 Å². The normalized spacial score (nSPS) is 11.0. The fraction of sp³-hybridized carbons (Fsp3) is 0.238. The average molecular weight is 410 g/mol. The summed E-state index contributed by atoms with van der Waals surface area (Å²) in [5.74, 6) is 1.52. The molecule has 29 heavy (non-hydrogen) atoms. The summed E-state index contributed by atoms with van der Waals surface area (Å²) in [5.41, 5.74) is 5.57. The number of hydrazone groups is 1. The van der Waals surface area contributed by atoms with E-state index in [1.54, 1.807) is 13.3 Å². The molecule has 3 rings (SSSR count). The van der Waals surface area contributed by atoms with E-state index in [0.29, 0.717) is 11.7 Å². The third-order valence-corrected chi connectivity index (χ3v) is 5.14. The maximum atomic E-state index is 12.1. The van der Waals surface area contributed by atoms with Crippen molar-refractivity contribution in [2.45, 2.75) is 25.5 Å². The van der Waals surface area contributed by atoms with Gasteiger partial charge in [-0.25, -0.2) is 5.43 Å². The Labute approximate surface area is 174 Å². The van der Waals surface area contributed by atoms with Gasteiger partial charge in [0.15, 0.2) is 11.0 Å². The Morgan fingerprint density at radius 2 is 2.03 bits per heavy atom. The first-order valence-corrected chi connectivity index (χ1v) is 10.2. The number of ether oxygens (including phenoxy) is 1. The lowest BCUT2D eigenvalue weighted by Gasteiger charge is -2.07. The topological polar surface area (TPSA) is 81.4 Å². The molecule has 1 amide bonds. The summed E-state index contributed by atoms with van der Waals surface area (Å²) in [6.45, 7) is 4.79. The van der Waals surface area contributed by atoms with Gasteiger partial charge in [-0.3, -0.25) is 4.79 Å². The second kappa shape index (κ2) is 9.88. The Morgan fingerprint density at radius 3 is 2.76 bits per heavy atom. The number of carbonyl (C=O) groups excluding carboxylic acids is 1. The van der Waals surface area contributed by atoms with Gasteiger partial charge < -0.3 is 9.30 Å². The summed E-state index contributed by atoms with van der Waals surface area (Å²) in [6, 6.07) is 15.6. The summed E-state index contributed by atoms with van der Waals surface area (Å²) in [4.78, 5) is 12.1. The van der Waals surface area contributed by atoms with Crippen LogP contribution in [0.4, 0.5) is 0 Å². The number of benzene rings is 2. The molecule has 8 heteroatoms. The molecule has 1 heterocycles. The maximum Gasteiger partial charge on any atom is 0.250 e. The predicted molar refractivity (Wildman–Crippen MR) is 115 cm³/mol. The lowest BCUT2D eigenvalue weighted by Crippen LogP contribution is -2.20. The number of methoxy groups -OCH3 is 1. The van der Waals surface area contributed by atoms with Crippen molar-refractivity contribution in [1.82, 2.24) is 20.2 Å². The van der Waals surface area contributed by atoms with Crippen molar-refractivity contribution in [3.05, 3.63) is 59.7 Å². The van der Waals surface area contributed by atoms with E-state index in [9.17, 15) is 4.79 Å². The summed E-state index contributed by atoms with van der Waals surface area (Å²) in [5, 5.41) is 13.3. The summed E-state index contributed by atoms with van der Waals surface area (Å²) >= 11 is 1.33. The molecular formula is C21H23N5O2S. The van der Waals surface area contributed by atoms with Gasteiger partial charge in [-0.1, -0.05) is 53.7 Å². The molecular weight excluding hydrogens is 386 g/mol. The van der Waals surface area contributed by atoms with Crippen LogP contribution in [0.15, 0.2) is 58.8 Å². The molecule has 0 aliphatic heterocycles. The van der Waals surface area contributed by atoms with Crippen LogP contribution in [-0.2, 0) is 11.3 Å². The van der Waals surface area contributed by atoms with Crippen LogP contribution in [0, 0.1) is 6.92 Å². The van der Waals surface area contributed by atoms with Gasteiger partial charge in [-0.2, -0.15) is 5.10 Å². The zero-order valence-corrected chi connectivity index (χ0v) is 17.4. The van der Waals surface area contributed by atoms with E-state index < -0.39 is 0 Å². The van der Waals surface area contributed by atoms with Crippen LogP contribution >= 0.6 is 11.8 Å². The van der Waals surface area contributed by atoms with Crippen LogP contribution < -0.4 is 10.2 Å². The number of thioether (sulfide) groups is 1. The smallest absolute Gasteiger partial charge is 0.250 e. The predicted octanol–water partition coefficient (Wildman–Crippen LogP) is 3.52. The number of hydrogen-bond acceptors (Lipinski definition) is 6. The summed E-state index contributed by atoms with van der Waals surface area (Å²) in [6.07, 6.45) is 1.58. The summed E-state index contributed by atoms with van der Waals surface area (Å²) < 4.78 is 7.17. The molecule has 0 bridgehead atoms. The van der Waals surface area contributed by atoms with Crippen LogP contribution in [0.2, 0.25) is 0 Å². The minimum Gasteiger partial charge on any atom is -0.497 e. The number of amides is 1. The fourth-order valence-electron chi connectivity index (χ4n) is 2.66. The number of aryl methyl sites for hydroxylation is 1. The Balaban J connectivity index is 1.58. The molecule has 7 nitrogen and oxygen atoms in total. The van der Waals surface area contributed by atoms with Crippen molar-refractivity contribution >= 4 is 23.9 Å². The Hall–Kier alpha value is -3.13. The number of hydrogen-bond donors (Lipinski definition) is 1. The number of aromatic nitrogens is 3. The molecule has 3 aromatic rings. The Bertz CT molecular complexity index is 999. The van der Waals surface area contributed by atoms with Crippen molar-refractivity contribution in [1.29, 1.82) is 0 Å². The van der Waals surface area contributed by atoms with Crippen LogP contribution in [0.3, 0.4) is 0 Å². The second-order valence-corrected chi connectivity index (χ2v) is 7.22. The molecule has 0 atom stereocenters. The molecule has 0 saturated heterocycles. The molecule has 0 aliphatic carbocycles. The van der Waals surface area contributed by atoms with Crippen molar-refractivity contribution in [2.24, 2.45) is 5.10 Å². The average Bonchev–Trinajstić information content (AvgIpc) is 3.16. The molecule has 0 spiro atoms. The second-order valence-electron chi connectivity index (χ2n) is 6.27. The number of nitrogens with zero attached hydrogens (tertiary/aromatic N) is 4. The van der Waals surface area contributed by atoms with Crippen molar-refractivity contribution in [3.63, 3.8) is 0 Å². The van der Waals surface area contributed by atoms with Gasteiger partial charge in [0, 0.05) is 12.1 Å². The zero-order valence-electron chi connectivity index (χ0n) is 16.6. The lowest BCUT2D eigenvalue weighted by molar-refractivity contribution is -0.118. The molecule has 2 aromatic carbocycles. The Morgan fingerprint density at radius 1 is 1.24 bits per heavy atom. The molecule has 0 radical (unpaired) electrons. The highest BCUT2D eigenvalue weighted by Crippen LogP contribution is 2.24. The van der Waals surface area contributed by atoms with E-state index in [4.69, 9.17) is 4.74 Å². The van der Waals surface area contributed by atoms with E-state index in [0.717, 1.165) is 22.7 Å². The third-order valence-electron chi connectivity index (χ3n) is 4.17. The Kier molecular flexibility index (Phi) is 7.02. The highest BCUT2D eigenvalue weighted by molar-refractivity contribution is 7.99. The molecule has 0 unspecified atom stereocenters. The first-order chi connectivity index (χ1) is 14.1. The highest BCUT2D eigenvalue weighted by Gasteiger charge is 2.14. The lowest BCUT2D eigenvalue weighted by atomic mass is 10.1.